The van der Waals surface area contributed by atoms with E-state index >= 15 is 0 Å². The van der Waals surface area contributed by atoms with Crippen LogP contribution in [0.5, 0.6) is 11.5 Å². The van der Waals surface area contributed by atoms with Gasteiger partial charge in [-0.15, -0.1) is 0 Å². The largest absolute Gasteiger partial charge is 0.453 e. The van der Waals surface area contributed by atoms with E-state index in [0.29, 0.717) is 22.7 Å². The van der Waals surface area contributed by atoms with Gasteiger partial charge in [-0.05, 0) is 52.3 Å². The molecule has 0 atom stereocenters. The highest BCUT2D eigenvalue weighted by atomic mass is 79.9. The molecule has 3 aromatic rings. The maximum absolute atomic E-state index is 12.5. The van der Waals surface area contributed by atoms with Crippen molar-refractivity contribution in [2.45, 2.75) is 13.1 Å². The second kappa shape index (κ2) is 5.31. The van der Waals surface area contributed by atoms with E-state index in [1.54, 1.807) is 19.1 Å². The number of nitrogens with zero attached hydrogens (tertiary/aromatic N) is 1. The first-order valence-electron chi connectivity index (χ1n) is 6.25. The first-order chi connectivity index (χ1) is 10.3. The molecule has 7 heteroatoms. The van der Waals surface area contributed by atoms with Crippen molar-refractivity contribution in [3.05, 3.63) is 52.3 Å². The monoisotopic (exact) mass is 371 g/mol. The first-order valence-corrected chi connectivity index (χ1v) is 7.04. The van der Waals surface area contributed by atoms with Crippen molar-refractivity contribution in [1.29, 1.82) is 0 Å². The van der Waals surface area contributed by atoms with Gasteiger partial charge in [-0.3, -0.25) is 0 Å². The number of alkyl halides is 3. The van der Waals surface area contributed by atoms with Crippen molar-refractivity contribution >= 4 is 27.0 Å². The zero-order chi connectivity index (χ0) is 15.9. The summed E-state index contributed by atoms with van der Waals surface area (Å²) in [5, 5.41) is 0. The Hall–Kier alpha value is -2.02. The lowest BCUT2D eigenvalue weighted by atomic mass is 10.2. The van der Waals surface area contributed by atoms with Crippen LogP contribution in [-0.2, 0) is 6.18 Å². The summed E-state index contributed by atoms with van der Waals surface area (Å²) in [6.07, 6.45) is -4.37. The number of aromatic nitrogens is 1. The zero-order valence-corrected chi connectivity index (χ0v) is 12.8. The van der Waals surface area contributed by atoms with Crippen LogP contribution in [0, 0.1) is 6.92 Å². The molecule has 0 saturated heterocycles. The fourth-order valence-electron chi connectivity index (χ4n) is 1.98. The molecule has 0 aliphatic carbocycles. The summed E-state index contributed by atoms with van der Waals surface area (Å²) in [6, 6.07) is 7.87. The lowest BCUT2D eigenvalue weighted by molar-refractivity contribution is -0.137. The third-order valence-corrected chi connectivity index (χ3v) is 3.61. The summed E-state index contributed by atoms with van der Waals surface area (Å²) in [5.74, 6) is 1.14. The maximum atomic E-state index is 12.5. The highest BCUT2D eigenvalue weighted by Gasteiger charge is 2.30. The normalized spacial score (nSPS) is 11.9. The zero-order valence-electron chi connectivity index (χ0n) is 11.2. The number of rotatable bonds is 2. The molecular formula is C15H9BrF3NO2. The van der Waals surface area contributed by atoms with Gasteiger partial charge in [-0.1, -0.05) is 0 Å². The standard InChI is InChI=1S/C15H9BrF3NO2/c1-8-20-13-11(16)6-7-12(14(13)21-8)22-10-4-2-9(3-5-10)15(17,18)19/h2-7H,1H3. The fraction of sp³-hybridized carbons (Fsp3) is 0.133. The number of fused-ring (bicyclic) bond motifs is 1. The summed E-state index contributed by atoms with van der Waals surface area (Å²) in [5.41, 5.74) is 0.310. The van der Waals surface area contributed by atoms with Crippen LogP contribution >= 0.6 is 15.9 Å². The average molecular weight is 372 g/mol. The van der Waals surface area contributed by atoms with Gasteiger partial charge in [0.15, 0.2) is 17.2 Å². The van der Waals surface area contributed by atoms with Crippen molar-refractivity contribution in [3.8, 4) is 11.5 Å². The van der Waals surface area contributed by atoms with Crippen LogP contribution in [0.15, 0.2) is 45.3 Å². The Morgan fingerprint density at radius 3 is 2.41 bits per heavy atom. The molecule has 114 valence electrons. The Morgan fingerprint density at radius 1 is 1.09 bits per heavy atom. The third-order valence-electron chi connectivity index (χ3n) is 2.97. The fourth-order valence-corrected chi connectivity index (χ4v) is 2.38. The van der Waals surface area contributed by atoms with Gasteiger partial charge in [-0.25, -0.2) is 4.98 Å². The molecule has 1 heterocycles. The van der Waals surface area contributed by atoms with E-state index in [0.717, 1.165) is 16.6 Å². The summed E-state index contributed by atoms with van der Waals surface area (Å²) in [6.45, 7) is 1.70. The van der Waals surface area contributed by atoms with E-state index in [9.17, 15) is 13.2 Å². The molecule has 0 bridgehead atoms. The maximum Gasteiger partial charge on any atom is 0.416 e. The highest BCUT2D eigenvalue weighted by Crippen LogP contribution is 2.36. The second-order valence-corrected chi connectivity index (χ2v) is 5.43. The number of oxazole rings is 1. The Morgan fingerprint density at radius 2 is 1.77 bits per heavy atom. The number of aryl methyl sites for hydroxylation is 1. The van der Waals surface area contributed by atoms with Gasteiger partial charge >= 0.3 is 6.18 Å². The van der Waals surface area contributed by atoms with Gasteiger partial charge in [-0.2, -0.15) is 13.2 Å². The number of ether oxygens (including phenoxy) is 1. The Balaban J connectivity index is 1.95. The predicted molar refractivity (Wildman–Crippen MR) is 78.0 cm³/mol. The van der Waals surface area contributed by atoms with Crippen LogP contribution < -0.4 is 4.74 Å². The average Bonchev–Trinajstić information content (AvgIpc) is 2.84. The van der Waals surface area contributed by atoms with Crippen molar-refractivity contribution in [2.75, 3.05) is 0 Å². The van der Waals surface area contributed by atoms with Gasteiger partial charge < -0.3 is 9.15 Å². The SMILES string of the molecule is Cc1nc2c(Br)ccc(Oc3ccc(C(F)(F)F)cc3)c2o1. The van der Waals surface area contributed by atoms with E-state index < -0.39 is 11.7 Å². The van der Waals surface area contributed by atoms with Crippen molar-refractivity contribution in [2.24, 2.45) is 0 Å². The topological polar surface area (TPSA) is 35.3 Å². The molecule has 2 aromatic carbocycles. The minimum atomic E-state index is -4.37. The van der Waals surface area contributed by atoms with Gasteiger partial charge in [0.1, 0.15) is 11.3 Å². The van der Waals surface area contributed by atoms with Gasteiger partial charge in [0.2, 0.25) is 0 Å². The smallest absolute Gasteiger partial charge is 0.416 e. The quantitative estimate of drug-likeness (QED) is 0.578. The highest BCUT2D eigenvalue weighted by molar-refractivity contribution is 9.10. The molecule has 3 nitrogen and oxygen atoms in total. The molecule has 0 saturated carbocycles. The lowest BCUT2D eigenvalue weighted by Gasteiger charge is -2.09. The van der Waals surface area contributed by atoms with E-state index in [1.807, 2.05) is 0 Å². The number of benzene rings is 2. The van der Waals surface area contributed by atoms with Crippen molar-refractivity contribution in [1.82, 2.24) is 4.98 Å². The molecular weight excluding hydrogens is 363 g/mol. The first kappa shape index (κ1) is 14.9. The molecule has 0 radical (unpaired) electrons. The number of hydrogen-bond acceptors (Lipinski definition) is 3. The number of halogens is 4. The van der Waals surface area contributed by atoms with Gasteiger partial charge in [0.05, 0.1) is 5.56 Å². The predicted octanol–water partition coefficient (Wildman–Crippen LogP) is 5.71. The summed E-state index contributed by atoms with van der Waals surface area (Å²) in [7, 11) is 0. The summed E-state index contributed by atoms with van der Waals surface area (Å²) in [4.78, 5) is 4.22. The lowest BCUT2D eigenvalue weighted by Crippen LogP contribution is -2.03. The van der Waals surface area contributed by atoms with Crippen LogP contribution in [0.4, 0.5) is 13.2 Å². The minimum Gasteiger partial charge on any atom is -0.453 e. The van der Waals surface area contributed by atoms with Crippen molar-refractivity contribution < 1.29 is 22.3 Å². The second-order valence-electron chi connectivity index (χ2n) is 4.58. The number of hydrogen-bond donors (Lipinski definition) is 0. The Bertz CT molecular complexity index is 825. The van der Waals surface area contributed by atoms with Crippen LogP contribution in [-0.4, -0.2) is 4.98 Å². The molecule has 3 rings (SSSR count). The Labute approximate surface area is 131 Å². The van der Waals surface area contributed by atoms with E-state index in [1.165, 1.54) is 12.1 Å². The molecule has 22 heavy (non-hydrogen) atoms. The summed E-state index contributed by atoms with van der Waals surface area (Å²) < 4.78 is 49.4. The van der Waals surface area contributed by atoms with Crippen LogP contribution in [0.3, 0.4) is 0 Å². The Kier molecular flexibility index (Phi) is 3.60. The molecule has 0 aliphatic heterocycles. The molecule has 0 unspecified atom stereocenters. The van der Waals surface area contributed by atoms with E-state index in [2.05, 4.69) is 20.9 Å². The molecule has 0 N–H and O–H groups in total. The molecule has 0 spiro atoms. The van der Waals surface area contributed by atoms with E-state index in [-0.39, 0.29) is 5.75 Å². The molecule has 0 aliphatic rings. The molecule has 0 amide bonds. The summed E-state index contributed by atoms with van der Waals surface area (Å²) >= 11 is 3.36. The molecule has 1 aromatic heterocycles. The van der Waals surface area contributed by atoms with Crippen LogP contribution in [0.25, 0.3) is 11.1 Å². The minimum absolute atomic E-state index is 0.283. The van der Waals surface area contributed by atoms with Crippen LogP contribution in [0.2, 0.25) is 0 Å². The third kappa shape index (κ3) is 2.81. The van der Waals surface area contributed by atoms with E-state index in [4.69, 9.17) is 9.15 Å². The van der Waals surface area contributed by atoms with Gasteiger partial charge in [0.25, 0.3) is 0 Å². The van der Waals surface area contributed by atoms with Gasteiger partial charge in [0, 0.05) is 11.4 Å². The van der Waals surface area contributed by atoms with Crippen molar-refractivity contribution in [3.63, 3.8) is 0 Å². The van der Waals surface area contributed by atoms with Crippen LogP contribution in [0.1, 0.15) is 11.5 Å². The molecule has 0 fully saturated rings.